The maximum Gasteiger partial charge on any atom is 0.345 e. The summed E-state index contributed by atoms with van der Waals surface area (Å²) in [6.07, 6.45) is 0. The number of nitrogens with zero attached hydrogens (tertiary/aromatic N) is 4. The molecule has 0 saturated heterocycles. The number of nitrogens with one attached hydrogen (secondary N) is 1. The molecule has 0 saturated carbocycles. The smallest absolute Gasteiger partial charge is 0.345 e. The van der Waals surface area contributed by atoms with Crippen LogP contribution < -0.4 is 15.8 Å². The van der Waals surface area contributed by atoms with Crippen molar-refractivity contribution in [3.05, 3.63) is 54.6 Å². The van der Waals surface area contributed by atoms with E-state index in [0.717, 1.165) is 5.69 Å². The Morgan fingerprint density at radius 2 is 1.82 bits per heavy atom. The van der Waals surface area contributed by atoms with Gasteiger partial charge in [-0.2, -0.15) is 4.68 Å². The molecule has 0 atom stereocenters. The van der Waals surface area contributed by atoms with Crippen LogP contribution in [0.5, 0.6) is 11.8 Å². The summed E-state index contributed by atoms with van der Waals surface area (Å²) in [6, 6.07) is 16.9. The highest BCUT2D eigenvalue weighted by molar-refractivity contribution is 7.80. The Labute approximate surface area is 131 Å². The van der Waals surface area contributed by atoms with Crippen molar-refractivity contribution in [1.82, 2.24) is 20.2 Å². The van der Waals surface area contributed by atoms with E-state index in [0.29, 0.717) is 11.4 Å². The highest BCUT2D eigenvalue weighted by Gasteiger charge is 2.12. The lowest BCUT2D eigenvalue weighted by Gasteiger charge is -2.11. The number of thiocarbonyl (C=S) groups is 1. The second-order valence-corrected chi connectivity index (χ2v) is 4.74. The summed E-state index contributed by atoms with van der Waals surface area (Å²) >= 11 is 4.85. The van der Waals surface area contributed by atoms with Gasteiger partial charge >= 0.3 is 6.01 Å². The number of tetrazole rings is 1. The molecule has 0 unspecified atom stereocenters. The monoisotopic (exact) mass is 312 g/mol. The van der Waals surface area contributed by atoms with E-state index in [1.165, 1.54) is 4.68 Å². The zero-order valence-corrected chi connectivity index (χ0v) is 12.2. The van der Waals surface area contributed by atoms with Gasteiger partial charge in [-0.1, -0.05) is 35.4 Å². The first-order chi connectivity index (χ1) is 10.7. The Bertz CT molecular complexity index is 789. The van der Waals surface area contributed by atoms with E-state index >= 15 is 0 Å². The molecule has 0 bridgehead atoms. The molecule has 0 aliphatic carbocycles. The van der Waals surface area contributed by atoms with Crippen LogP contribution in [0.4, 0.5) is 5.69 Å². The summed E-state index contributed by atoms with van der Waals surface area (Å²) in [5.41, 5.74) is 6.94. The van der Waals surface area contributed by atoms with Crippen LogP contribution >= 0.6 is 12.2 Å². The van der Waals surface area contributed by atoms with Gasteiger partial charge in [0, 0.05) is 0 Å². The molecule has 110 valence electrons. The van der Waals surface area contributed by atoms with Crippen molar-refractivity contribution in [1.29, 1.82) is 0 Å². The first-order valence-corrected chi connectivity index (χ1v) is 6.82. The molecule has 3 rings (SSSR count). The number of para-hydroxylation sites is 3. The minimum absolute atomic E-state index is 0.152. The minimum Gasteiger partial charge on any atom is -0.421 e. The number of hydrogen-bond acceptors (Lipinski definition) is 5. The lowest BCUT2D eigenvalue weighted by Crippen LogP contribution is -2.19. The molecule has 0 spiro atoms. The predicted molar refractivity (Wildman–Crippen MR) is 86.1 cm³/mol. The van der Waals surface area contributed by atoms with Gasteiger partial charge in [0.25, 0.3) is 0 Å². The third-order valence-corrected chi connectivity index (χ3v) is 2.89. The summed E-state index contributed by atoms with van der Waals surface area (Å²) in [6.45, 7) is 0. The van der Waals surface area contributed by atoms with E-state index < -0.39 is 0 Å². The van der Waals surface area contributed by atoms with Gasteiger partial charge in [-0.05, 0) is 46.9 Å². The van der Waals surface area contributed by atoms with E-state index in [4.69, 9.17) is 22.7 Å². The van der Waals surface area contributed by atoms with Crippen LogP contribution in [0.1, 0.15) is 0 Å². The number of benzene rings is 2. The quantitative estimate of drug-likeness (QED) is 0.713. The van der Waals surface area contributed by atoms with E-state index in [2.05, 4.69) is 20.8 Å². The number of ether oxygens (including phenoxy) is 1. The lowest BCUT2D eigenvalue weighted by molar-refractivity contribution is 0.429. The lowest BCUT2D eigenvalue weighted by atomic mass is 10.3. The topological polar surface area (TPSA) is 90.9 Å². The Morgan fingerprint density at radius 1 is 1.09 bits per heavy atom. The Morgan fingerprint density at radius 3 is 2.59 bits per heavy atom. The number of anilines is 1. The fourth-order valence-corrected chi connectivity index (χ4v) is 1.97. The van der Waals surface area contributed by atoms with Crippen LogP contribution in [-0.4, -0.2) is 25.3 Å². The first-order valence-electron chi connectivity index (χ1n) is 6.41. The number of rotatable bonds is 4. The fourth-order valence-electron chi connectivity index (χ4n) is 1.86. The molecule has 1 aromatic heterocycles. The van der Waals surface area contributed by atoms with Gasteiger partial charge in [-0.25, -0.2) is 0 Å². The van der Waals surface area contributed by atoms with Crippen molar-refractivity contribution >= 4 is 23.0 Å². The van der Waals surface area contributed by atoms with Crippen molar-refractivity contribution in [3.63, 3.8) is 0 Å². The maximum atomic E-state index is 5.79. The maximum absolute atomic E-state index is 5.79. The van der Waals surface area contributed by atoms with Crippen molar-refractivity contribution in [3.8, 4) is 17.4 Å². The molecule has 0 aliphatic rings. The van der Waals surface area contributed by atoms with Crippen LogP contribution in [0, 0.1) is 0 Å². The number of aromatic nitrogens is 4. The van der Waals surface area contributed by atoms with Crippen LogP contribution in [0.2, 0.25) is 0 Å². The molecule has 2 aromatic carbocycles. The van der Waals surface area contributed by atoms with Crippen molar-refractivity contribution in [2.45, 2.75) is 0 Å². The van der Waals surface area contributed by atoms with Gasteiger partial charge in [0.2, 0.25) is 0 Å². The molecular formula is C14H12N6OS. The second-order valence-electron chi connectivity index (χ2n) is 4.30. The number of hydrogen-bond donors (Lipinski definition) is 2. The predicted octanol–water partition coefficient (Wildman–Crippen LogP) is 2.11. The molecule has 3 N–H and O–H groups in total. The molecule has 0 fully saturated rings. The Kier molecular flexibility index (Phi) is 3.92. The van der Waals surface area contributed by atoms with Crippen molar-refractivity contribution in [2.24, 2.45) is 5.73 Å². The normalized spacial score (nSPS) is 10.2. The first kappa shape index (κ1) is 14.0. The van der Waals surface area contributed by atoms with Crippen molar-refractivity contribution in [2.75, 3.05) is 5.32 Å². The highest BCUT2D eigenvalue weighted by Crippen LogP contribution is 2.28. The van der Waals surface area contributed by atoms with Crippen LogP contribution in [-0.2, 0) is 0 Å². The Hall–Kier alpha value is -3.00. The third-order valence-electron chi connectivity index (χ3n) is 2.79. The van der Waals surface area contributed by atoms with E-state index in [1.54, 1.807) is 12.1 Å². The average Bonchev–Trinajstić information content (AvgIpc) is 2.98. The Balaban J connectivity index is 1.92. The minimum atomic E-state index is 0.152. The van der Waals surface area contributed by atoms with Crippen LogP contribution in [0.25, 0.3) is 5.69 Å². The SMILES string of the molecule is NC(=S)Nc1ccccc1Oc1nnnn1-c1ccccc1. The zero-order chi connectivity index (χ0) is 15.4. The molecule has 8 heteroatoms. The van der Waals surface area contributed by atoms with Crippen LogP contribution in [0.15, 0.2) is 54.6 Å². The molecule has 7 nitrogen and oxygen atoms in total. The number of nitrogens with two attached hydrogens (primary N) is 1. The van der Waals surface area contributed by atoms with Crippen molar-refractivity contribution < 1.29 is 4.74 Å². The molecule has 22 heavy (non-hydrogen) atoms. The summed E-state index contributed by atoms with van der Waals surface area (Å²) < 4.78 is 7.28. The van der Waals surface area contributed by atoms with E-state index in [1.807, 2.05) is 42.5 Å². The van der Waals surface area contributed by atoms with Gasteiger partial charge in [-0.15, -0.1) is 0 Å². The average molecular weight is 312 g/mol. The fraction of sp³-hybridized carbons (Fsp3) is 0. The molecular weight excluding hydrogens is 300 g/mol. The summed E-state index contributed by atoms with van der Waals surface area (Å²) in [7, 11) is 0. The standard InChI is InChI=1S/C14H12N6OS/c15-13(22)16-11-8-4-5-9-12(11)21-14-17-18-19-20(14)10-6-2-1-3-7-10/h1-9H,(H3,15,16,22). The highest BCUT2D eigenvalue weighted by atomic mass is 32.1. The van der Waals surface area contributed by atoms with Gasteiger partial charge in [0.15, 0.2) is 10.9 Å². The van der Waals surface area contributed by atoms with E-state index in [9.17, 15) is 0 Å². The summed E-state index contributed by atoms with van der Waals surface area (Å²) in [5, 5.41) is 14.5. The van der Waals surface area contributed by atoms with Gasteiger partial charge in [0.05, 0.1) is 11.4 Å². The molecule has 1 heterocycles. The summed E-state index contributed by atoms with van der Waals surface area (Å²) in [4.78, 5) is 0. The molecule has 3 aromatic rings. The zero-order valence-electron chi connectivity index (χ0n) is 11.4. The summed E-state index contributed by atoms with van der Waals surface area (Å²) in [5.74, 6) is 0.516. The van der Waals surface area contributed by atoms with Gasteiger partial charge in [0.1, 0.15) is 0 Å². The van der Waals surface area contributed by atoms with Crippen LogP contribution in [0.3, 0.4) is 0 Å². The van der Waals surface area contributed by atoms with Gasteiger partial charge < -0.3 is 15.8 Å². The molecule has 0 radical (unpaired) electrons. The molecule has 0 amide bonds. The van der Waals surface area contributed by atoms with Gasteiger partial charge in [-0.3, -0.25) is 0 Å². The largest absolute Gasteiger partial charge is 0.421 e. The van der Waals surface area contributed by atoms with E-state index in [-0.39, 0.29) is 11.1 Å². The molecule has 0 aliphatic heterocycles. The third kappa shape index (κ3) is 3.01. The second kappa shape index (κ2) is 6.19.